The maximum atomic E-state index is 12.5. The van der Waals surface area contributed by atoms with E-state index in [0.29, 0.717) is 6.04 Å². The second kappa shape index (κ2) is 4.25. The topological polar surface area (TPSA) is 36.1 Å². The normalized spacial score (nSPS) is 16.2. The molecule has 18 heavy (non-hydrogen) atoms. The maximum Gasteiger partial charge on any atom is 0.194 e. The van der Waals surface area contributed by atoms with Crippen LogP contribution >= 0.6 is 0 Å². The van der Waals surface area contributed by atoms with Crippen LogP contribution in [-0.2, 0) is 13.0 Å². The Hall–Kier alpha value is -1.61. The molecule has 0 amide bonds. The van der Waals surface area contributed by atoms with Crippen molar-refractivity contribution in [2.75, 3.05) is 6.54 Å². The molecule has 1 aromatic heterocycles. The molecule has 1 aliphatic rings. The molecule has 3 heteroatoms. The van der Waals surface area contributed by atoms with E-state index in [9.17, 15) is 4.79 Å². The van der Waals surface area contributed by atoms with Gasteiger partial charge in [-0.15, -0.1) is 0 Å². The Morgan fingerprint density at radius 2 is 2.06 bits per heavy atom. The predicted molar refractivity (Wildman–Crippen MR) is 73.8 cm³/mol. The molecule has 0 atom stereocenters. The number of fused-ring (bicyclic) bond motifs is 2. The summed E-state index contributed by atoms with van der Waals surface area (Å²) in [6.07, 6.45) is 0.938. The van der Waals surface area contributed by atoms with Crippen molar-refractivity contribution in [3.05, 3.63) is 45.7 Å². The van der Waals surface area contributed by atoms with Gasteiger partial charge < -0.3 is 4.98 Å². The largest absolute Gasteiger partial charge is 0.358 e. The molecule has 1 aromatic carbocycles. The van der Waals surface area contributed by atoms with Gasteiger partial charge >= 0.3 is 0 Å². The SMILES string of the molecule is CC(C)N1CCc2[nH]c3ccccc3c(=O)c2C1. The molecule has 1 N–H and O–H groups in total. The maximum absolute atomic E-state index is 12.5. The van der Waals surface area contributed by atoms with E-state index in [1.165, 1.54) is 0 Å². The van der Waals surface area contributed by atoms with Crippen molar-refractivity contribution >= 4 is 10.9 Å². The number of nitrogens with zero attached hydrogens (tertiary/aromatic N) is 1. The van der Waals surface area contributed by atoms with Crippen molar-refractivity contribution in [3.8, 4) is 0 Å². The number of aromatic amines is 1. The zero-order valence-corrected chi connectivity index (χ0v) is 10.9. The minimum absolute atomic E-state index is 0.199. The fourth-order valence-electron chi connectivity index (χ4n) is 2.69. The molecule has 3 nitrogen and oxygen atoms in total. The number of benzene rings is 1. The molecule has 2 heterocycles. The van der Waals surface area contributed by atoms with Gasteiger partial charge in [-0.3, -0.25) is 9.69 Å². The molecule has 2 aromatic rings. The molecule has 0 unspecified atom stereocenters. The van der Waals surface area contributed by atoms with E-state index in [4.69, 9.17) is 0 Å². The average Bonchev–Trinajstić information content (AvgIpc) is 2.38. The van der Waals surface area contributed by atoms with E-state index in [1.54, 1.807) is 0 Å². The first-order valence-corrected chi connectivity index (χ1v) is 6.53. The smallest absolute Gasteiger partial charge is 0.194 e. The lowest BCUT2D eigenvalue weighted by molar-refractivity contribution is 0.201. The van der Waals surface area contributed by atoms with Crippen molar-refractivity contribution in [2.24, 2.45) is 0 Å². The fourth-order valence-corrected chi connectivity index (χ4v) is 2.69. The van der Waals surface area contributed by atoms with Gasteiger partial charge in [0.15, 0.2) is 5.43 Å². The summed E-state index contributed by atoms with van der Waals surface area (Å²) < 4.78 is 0. The number of para-hydroxylation sites is 1. The molecule has 1 aliphatic heterocycles. The standard InChI is InChI=1S/C15H18N2O/c1-10(2)17-8-7-14-12(9-17)15(18)11-5-3-4-6-13(11)16-14/h3-6,10H,7-9H2,1-2H3,(H,16,18). The van der Waals surface area contributed by atoms with Crippen LogP contribution in [0.15, 0.2) is 29.1 Å². The van der Waals surface area contributed by atoms with E-state index in [0.717, 1.165) is 41.7 Å². The van der Waals surface area contributed by atoms with Crippen LogP contribution in [0.1, 0.15) is 25.1 Å². The molecular weight excluding hydrogens is 224 g/mol. The summed E-state index contributed by atoms with van der Waals surface area (Å²) in [5.41, 5.74) is 3.23. The van der Waals surface area contributed by atoms with E-state index in [1.807, 2.05) is 24.3 Å². The molecule has 0 saturated carbocycles. The van der Waals surface area contributed by atoms with E-state index >= 15 is 0 Å². The Morgan fingerprint density at radius 1 is 1.28 bits per heavy atom. The summed E-state index contributed by atoms with van der Waals surface area (Å²) in [5.74, 6) is 0. The van der Waals surface area contributed by atoms with Gasteiger partial charge in [-0.1, -0.05) is 12.1 Å². The summed E-state index contributed by atoms with van der Waals surface area (Å²) in [4.78, 5) is 18.3. The third kappa shape index (κ3) is 1.75. The van der Waals surface area contributed by atoms with Gasteiger partial charge in [-0.2, -0.15) is 0 Å². The summed E-state index contributed by atoms with van der Waals surface area (Å²) >= 11 is 0. The summed E-state index contributed by atoms with van der Waals surface area (Å²) in [6.45, 7) is 6.16. The number of aromatic nitrogens is 1. The first-order chi connectivity index (χ1) is 8.66. The first-order valence-electron chi connectivity index (χ1n) is 6.53. The van der Waals surface area contributed by atoms with Gasteiger partial charge in [0.25, 0.3) is 0 Å². The highest BCUT2D eigenvalue weighted by Gasteiger charge is 2.21. The van der Waals surface area contributed by atoms with E-state index < -0.39 is 0 Å². The highest BCUT2D eigenvalue weighted by atomic mass is 16.1. The number of H-pyrrole nitrogens is 1. The van der Waals surface area contributed by atoms with Crippen LogP contribution in [0.3, 0.4) is 0 Å². The Balaban J connectivity index is 2.17. The minimum atomic E-state index is 0.199. The number of nitrogens with one attached hydrogen (secondary N) is 1. The quantitative estimate of drug-likeness (QED) is 0.833. The molecule has 0 aliphatic carbocycles. The van der Waals surface area contributed by atoms with Crippen molar-refractivity contribution in [2.45, 2.75) is 32.9 Å². The van der Waals surface area contributed by atoms with Gasteiger partial charge in [0.05, 0.1) is 0 Å². The number of pyridine rings is 1. The molecule has 94 valence electrons. The third-order valence-corrected chi connectivity index (χ3v) is 3.84. The highest BCUT2D eigenvalue weighted by Crippen LogP contribution is 2.19. The van der Waals surface area contributed by atoms with Gasteiger partial charge in [-0.05, 0) is 26.0 Å². The van der Waals surface area contributed by atoms with E-state index in [2.05, 4.69) is 23.7 Å². The van der Waals surface area contributed by atoms with Crippen molar-refractivity contribution in [1.82, 2.24) is 9.88 Å². The zero-order chi connectivity index (χ0) is 12.7. The van der Waals surface area contributed by atoms with Crippen LogP contribution in [0.25, 0.3) is 10.9 Å². The van der Waals surface area contributed by atoms with Crippen LogP contribution in [0.5, 0.6) is 0 Å². The Kier molecular flexibility index (Phi) is 2.71. The van der Waals surface area contributed by atoms with Crippen LogP contribution in [-0.4, -0.2) is 22.5 Å². The number of rotatable bonds is 1. The lowest BCUT2D eigenvalue weighted by Gasteiger charge is -2.31. The Labute approximate surface area is 106 Å². The summed E-state index contributed by atoms with van der Waals surface area (Å²) in [7, 11) is 0. The van der Waals surface area contributed by atoms with Gasteiger partial charge in [-0.25, -0.2) is 0 Å². The number of hydrogen-bond donors (Lipinski definition) is 1. The lowest BCUT2D eigenvalue weighted by Crippen LogP contribution is -2.38. The van der Waals surface area contributed by atoms with Crippen LogP contribution in [0, 0.1) is 0 Å². The van der Waals surface area contributed by atoms with Crippen molar-refractivity contribution < 1.29 is 0 Å². The monoisotopic (exact) mass is 242 g/mol. The van der Waals surface area contributed by atoms with Gasteiger partial charge in [0.1, 0.15) is 0 Å². The third-order valence-electron chi connectivity index (χ3n) is 3.84. The van der Waals surface area contributed by atoms with Crippen molar-refractivity contribution in [3.63, 3.8) is 0 Å². The second-order valence-electron chi connectivity index (χ2n) is 5.27. The zero-order valence-electron chi connectivity index (χ0n) is 10.9. The van der Waals surface area contributed by atoms with E-state index in [-0.39, 0.29) is 5.43 Å². The minimum Gasteiger partial charge on any atom is -0.358 e. The highest BCUT2D eigenvalue weighted by molar-refractivity contribution is 5.79. The molecular formula is C15H18N2O. The second-order valence-corrected chi connectivity index (χ2v) is 5.27. The summed E-state index contributed by atoms with van der Waals surface area (Å²) in [6, 6.07) is 8.26. The average molecular weight is 242 g/mol. The number of hydrogen-bond acceptors (Lipinski definition) is 2. The molecule has 0 spiro atoms. The Bertz CT molecular complexity index is 642. The van der Waals surface area contributed by atoms with Gasteiger partial charge in [0, 0.05) is 47.7 Å². The van der Waals surface area contributed by atoms with Crippen LogP contribution in [0.2, 0.25) is 0 Å². The molecule has 0 saturated heterocycles. The van der Waals surface area contributed by atoms with Gasteiger partial charge in [0.2, 0.25) is 0 Å². The Morgan fingerprint density at radius 3 is 2.83 bits per heavy atom. The first kappa shape index (κ1) is 11.5. The van der Waals surface area contributed by atoms with Crippen LogP contribution in [0.4, 0.5) is 0 Å². The van der Waals surface area contributed by atoms with Crippen molar-refractivity contribution in [1.29, 1.82) is 0 Å². The summed E-state index contributed by atoms with van der Waals surface area (Å²) in [5, 5.41) is 0.807. The molecule has 0 fully saturated rings. The lowest BCUT2D eigenvalue weighted by atomic mass is 10.0. The molecule has 3 rings (SSSR count). The fraction of sp³-hybridized carbons (Fsp3) is 0.400. The molecule has 0 bridgehead atoms. The predicted octanol–water partition coefficient (Wildman–Crippen LogP) is 2.29. The van der Waals surface area contributed by atoms with Crippen LogP contribution < -0.4 is 5.43 Å². The molecule has 0 radical (unpaired) electrons.